The summed E-state index contributed by atoms with van der Waals surface area (Å²) in [7, 11) is 0. The van der Waals surface area contributed by atoms with Gasteiger partial charge in [-0.1, -0.05) is 0 Å². The molecule has 1 N–H and O–H groups in total. The van der Waals surface area contributed by atoms with Gasteiger partial charge in [0.1, 0.15) is 5.01 Å². The molecule has 0 aromatic carbocycles. The smallest absolute Gasteiger partial charge is 0.133 e. The fourth-order valence-electron chi connectivity index (χ4n) is 1.22. The van der Waals surface area contributed by atoms with E-state index in [0.717, 1.165) is 28.0 Å². The molecule has 2 rings (SSSR count). The van der Waals surface area contributed by atoms with Gasteiger partial charge in [0.15, 0.2) is 0 Å². The number of aromatic nitrogens is 1. The highest BCUT2D eigenvalue weighted by Crippen LogP contribution is 2.32. The van der Waals surface area contributed by atoms with E-state index in [1.807, 2.05) is 0 Å². The average molecular weight is 304 g/mol. The van der Waals surface area contributed by atoms with Crippen molar-refractivity contribution < 1.29 is 5.11 Å². The maximum atomic E-state index is 8.73. The second-order valence-corrected chi connectivity index (χ2v) is 5.79. The fraction of sp³-hybridized carbons (Fsp3) is 0.300. The van der Waals surface area contributed by atoms with E-state index in [1.165, 1.54) is 4.88 Å². The zero-order chi connectivity index (χ0) is 10.7. The summed E-state index contributed by atoms with van der Waals surface area (Å²) in [5.41, 5.74) is 1.08. The topological polar surface area (TPSA) is 33.1 Å². The van der Waals surface area contributed by atoms with Crippen LogP contribution in [0.15, 0.2) is 21.3 Å². The molecular formula is C10H10BrNOS2. The van der Waals surface area contributed by atoms with Gasteiger partial charge in [-0.2, -0.15) is 0 Å². The van der Waals surface area contributed by atoms with Crippen molar-refractivity contribution >= 4 is 38.6 Å². The van der Waals surface area contributed by atoms with Crippen LogP contribution in [0.1, 0.15) is 12.1 Å². The van der Waals surface area contributed by atoms with Crippen molar-refractivity contribution in [3.05, 3.63) is 27.0 Å². The maximum Gasteiger partial charge on any atom is 0.133 e. The van der Waals surface area contributed by atoms with Gasteiger partial charge in [-0.3, -0.25) is 0 Å². The predicted molar refractivity (Wildman–Crippen MR) is 68.5 cm³/mol. The lowest BCUT2D eigenvalue weighted by molar-refractivity contribution is 0.288. The quantitative estimate of drug-likeness (QED) is 0.937. The Morgan fingerprint density at radius 3 is 2.87 bits per heavy atom. The standard InChI is InChI=1S/C10H10BrNOS2/c11-7-4-9(14-5-7)10-12-8(6-15-10)2-1-3-13/h4-6,13H,1-3H2. The van der Waals surface area contributed by atoms with Crippen molar-refractivity contribution in [3.8, 4) is 9.88 Å². The van der Waals surface area contributed by atoms with E-state index in [-0.39, 0.29) is 6.61 Å². The van der Waals surface area contributed by atoms with Crippen LogP contribution < -0.4 is 0 Å². The molecule has 0 radical (unpaired) electrons. The van der Waals surface area contributed by atoms with Gasteiger partial charge in [-0.25, -0.2) is 4.98 Å². The predicted octanol–water partition coefficient (Wildman–Crippen LogP) is 3.56. The molecular weight excluding hydrogens is 294 g/mol. The molecule has 2 aromatic heterocycles. The van der Waals surface area contributed by atoms with Crippen LogP contribution in [-0.4, -0.2) is 16.7 Å². The minimum atomic E-state index is 0.234. The lowest BCUT2D eigenvalue weighted by Crippen LogP contribution is -1.89. The molecule has 0 saturated heterocycles. The Balaban J connectivity index is 2.13. The van der Waals surface area contributed by atoms with Gasteiger partial charge >= 0.3 is 0 Å². The summed E-state index contributed by atoms with van der Waals surface area (Å²) in [5.74, 6) is 0. The molecule has 80 valence electrons. The lowest BCUT2D eigenvalue weighted by atomic mass is 10.3. The second-order valence-electron chi connectivity index (χ2n) is 3.10. The van der Waals surface area contributed by atoms with Crippen LogP contribution in [0.4, 0.5) is 0 Å². The summed E-state index contributed by atoms with van der Waals surface area (Å²) in [6.45, 7) is 0.234. The molecule has 5 heteroatoms. The minimum absolute atomic E-state index is 0.234. The molecule has 2 heterocycles. The summed E-state index contributed by atoms with van der Waals surface area (Å²) >= 11 is 6.79. The minimum Gasteiger partial charge on any atom is -0.396 e. The lowest BCUT2D eigenvalue weighted by Gasteiger charge is -1.91. The van der Waals surface area contributed by atoms with Crippen molar-refractivity contribution in [1.82, 2.24) is 4.98 Å². The monoisotopic (exact) mass is 303 g/mol. The number of aryl methyl sites for hydroxylation is 1. The van der Waals surface area contributed by atoms with Crippen LogP contribution in [0.25, 0.3) is 9.88 Å². The first kappa shape index (κ1) is 11.3. The van der Waals surface area contributed by atoms with E-state index in [1.54, 1.807) is 22.7 Å². The molecule has 2 nitrogen and oxygen atoms in total. The van der Waals surface area contributed by atoms with Crippen molar-refractivity contribution in [3.63, 3.8) is 0 Å². The number of aliphatic hydroxyl groups excluding tert-OH is 1. The second kappa shape index (κ2) is 5.21. The molecule has 0 unspecified atom stereocenters. The normalized spacial score (nSPS) is 10.8. The van der Waals surface area contributed by atoms with Crippen LogP contribution >= 0.6 is 38.6 Å². The molecule has 0 spiro atoms. The number of thiophene rings is 1. The number of rotatable bonds is 4. The molecule has 0 atom stereocenters. The largest absolute Gasteiger partial charge is 0.396 e. The summed E-state index contributed by atoms with van der Waals surface area (Å²) in [6, 6.07) is 2.08. The summed E-state index contributed by atoms with van der Waals surface area (Å²) in [4.78, 5) is 5.72. The SMILES string of the molecule is OCCCc1csc(-c2cc(Br)cs2)n1. The van der Waals surface area contributed by atoms with Gasteiger partial charge in [0.25, 0.3) is 0 Å². The third kappa shape index (κ3) is 2.87. The van der Waals surface area contributed by atoms with Gasteiger partial charge in [-0.15, -0.1) is 22.7 Å². The zero-order valence-electron chi connectivity index (χ0n) is 7.94. The third-order valence-corrected chi connectivity index (χ3v) is 4.67. The van der Waals surface area contributed by atoms with E-state index < -0.39 is 0 Å². The fourth-order valence-corrected chi connectivity index (χ4v) is 3.58. The first-order valence-electron chi connectivity index (χ1n) is 4.59. The van der Waals surface area contributed by atoms with Gasteiger partial charge < -0.3 is 5.11 Å². The van der Waals surface area contributed by atoms with Gasteiger partial charge in [0.05, 0.1) is 10.6 Å². The van der Waals surface area contributed by atoms with Crippen molar-refractivity contribution in [2.45, 2.75) is 12.8 Å². The molecule has 0 fully saturated rings. The van der Waals surface area contributed by atoms with Crippen molar-refractivity contribution in [1.29, 1.82) is 0 Å². The van der Waals surface area contributed by atoms with E-state index in [0.29, 0.717) is 0 Å². The van der Waals surface area contributed by atoms with E-state index in [9.17, 15) is 0 Å². The van der Waals surface area contributed by atoms with Crippen molar-refractivity contribution in [2.75, 3.05) is 6.61 Å². The highest BCUT2D eigenvalue weighted by molar-refractivity contribution is 9.10. The zero-order valence-corrected chi connectivity index (χ0v) is 11.2. The third-order valence-electron chi connectivity index (χ3n) is 1.92. The van der Waals surface area contributed by atoms with Gasteiger partial charge in [0, 0.05) is 21.8 Å². The van der Waals surface area contributed by atoms with E-state index >= 15 is 0 Å². The van der Waals surface area contributed by atoms with Crippen LogP contribution in [0.5, 0.6) is 0 Å². The number of halogens is 1. The average Bonchev–Trinajstić information content (AvgIpc) is 2.83. The first-order chi connectivity index (χ1) is 7.29. The summed E-state index contributed by atoms with van der Waals surface area (Å²) in [6.07, 6.45) is 1.65. The number of hydrogen-bond donors (Lipinski definition) is 1. The highest BCUT2D eigenvalue weighted by atomic mass is 79.9. The Bertz CT molecular complexity index is 438. The van der Waals surface area contributed by atoms with Crippen LogP contribution in [0, 0.1) is 0 Å². The van der Waals surface area contributed by atoms with E-state index in [4.69, 9.17) is 5.11 Å². The van der Waals surface area contributed by atoms with Crippen molar-refractivity contribution in [2.24, 2.45) is 0 Å². The number of nitrogens with zero attached hydrogens (tertiary/aromatic N) is 1. The molecule has 2 aromatic rings. The molecule has 0 aliphatic heterocycles. The molecule has 0 saturated carbocycles. The number of thiazole rings is 1. The molecule has 0 aliphatic carbocycles. The van der Waals surface area contributed by atoms with E-state index in [2.05, 4.69) is 37.7 Å². The number of hydrogen-bond acceptors (Lipinski definition) is 4. The maximum absolute atomic E-state index is 8.73. The number of aliphatic hydroxyl groups is 1. The Morgan fingerprint density at radius 1 is 1.33 bits per heavy atom. The first-order valence-corrected chi connectivity index (χ1v) is 7.14. The Morgan fingerprint density at radius 2 is 2.20 bits per heavy atom. The molecule has 0 aliphatic rings. The Hall–Kier alpha value is -0.230. The van der Waals surface area contributed by atoms with Crippen LogP contribution in [-0.2, 0) is 6.42 Å². The Labute approximate surface area is 105 Å². The highest BCUT2D eigenvalue weighted by Gasteiger charge is 2.06. The van der Waals surface area contributed by atoms with Crippen LogP contribution in [0.3, 0.4) is 0 Å². The molecule has 15 heavy (non-hydrogen) atoms. The van der Waals surface area contributed by atoms with Crippen LogP contribution in [0.2, 0.25) is 0 Å². The molecule has 0 bridgehead atoms. The Kier molecular flexibility index (Phi) is 3.91. The summed E-state index contributed by atoms with van der Waals surface area (Å²) < 4.78 is 1.11. The molecule has 0 amide bonds. The van der Waals surface area contributed by atoms with Gasteiger partial charge in [0.2, 0.25) is 0 Å². The summed E-state index contributed by atoms with van der Waals surface area (Å²) in [5, 5.41) is 13.9. The van der Waals surface area contributed by atoms with Gasteiger partial charge in [-0.05, 0) is 34.8 Å².